The van der Waals surface area contributed by atoms with Crippen molar-refractivity contribution >= 4 is 9.84 Å². The van der Waals surface area contributed by atoms with Crippen LogP contribution in [0, 0.1) is 5.92 Å². The van der Waals surface area contributed by atoms with Crippen molar-refractivity contribution in [3.8, 4) is 0 Å². The standard InChI is InChI=1S/C15H32N2O2S/c1-4-14-7-9-15(13-16,10-8-14)17(5-2)11-12-20(18,19)6-3/h14H,4-13,16H2,1-3H3. The van der Waals surface area contributed by atoms with E-state index in [-0.39, 0.29) is 17.0 Å². The molecule has 0 aromatic rings. The molecule has 1 aliphatic carbocycles. The van der Waals surface area contributed by atoms with Gasteiger partial charge in [-0.3, -0.25) is 4.90 Å². The molecule has 5 heteroatoms. The van der Waals surface area contributed by atoms with Crippen LogP contribution in [0.5, 0.6) is 0 Å². The van der Waals surface area contributed by atoms with Crippen molar-refractivity contribution in [1.82, 2.24) is 4.90 Å². The van der Waals surface area contributed by atoms with Gasteiger partial charge in [-0.2, -0.15) is 0 Å². The molecule has 0 heterocycles. The third-order valence-corrected chi connectivity index (χ3v) is 6.84. The monoisotopic (exact) mass is 304 g/mol. The van der Waals surface area contributed by atoms with Gasteiger partial charge in [0.25, 0.3) is 0 Å². The third-order valence-electron chi connectivity index (χ3n) is 5.16. The molecule has 0 aromatic carbocycles. The van der Waals surface area contributed by atoms with E-state index in [4.69, 9.17) is 5.73 Å². The van der Waals surface area contributed by atoms with Crippen LogP contribution in [-0.4, -0.2) is 50.0 Å². The first kappa shape index (κ1) is 17.9. The van der Waals surface area contributed by atoms with Gasteiger partial charge in [-0.05, 0) is 38.1 Å². The van der Waals surface area contributed by atoms with Crippen LogP contribution in [0.15, 0.2) is 0 Å². The quantitative estimate of drug-likeness (QED) is 0.745. The third kappa shape index (κ3) is 4.43. The minimum Gasteiger partial charge on any atom is -0.329 e. The summed E-state index contributed by atoms with van der Waals surface area (Å²) < 4.78 is 23.5. The van der Waals surface area contributed by atoms with Gasteiger partial charge in [-0.1, -0.05) is 27.2 Å². The summed E-state index contributed by atoms with van der Waals surface area (Å²) in [6.45, 7) is 8.24. The van der Waals surface area contributed by atoms with E-state index < -0.39 is 9.84 Å². The van der Waals surface area contributed by atoms with Crippen molar-refractivity contribution in [3.63, 3.8) is 0 Å². The van der Waals surface area contributed by atoms with Crippen molar-refractivity contribution in [2.24, 2.45) is 11.7 Å². The average molecular weight is 305 g/mol. The summed E-state index contributed by atoms with van der Waals surface area (Å²) in [5.74, 6) is 1.32. The van der Waals surface area contributed by atoms with Gasteiger partial charge in [0.1, 0.15) is 0 Å². The molecule has 0 unspecified atom stereocenters. The van der Waals surface area contributed by atoms with Crippen molar-refractivity contribution in [1.29, 1.82) is 0 Å². The molecule has 0 atom stereocenters. The Balaban J connectivity index is 2.70. The summed E-state index contributed by atoms with van der Waals surface area (Å²) in [6, 6.07) is 0. The Hall–Kier alpha value is -0.130. The summed E-state index contributed by atoms with van der Waals surface area (Å²) in [7, 11) is -2.90. The molecule has 0 aromatic heterocycles. The fourth-order valence-corrected chi connectivity index (χ4v) is 4.18. The molecule has 4 nitrogen and oxygen atoms in total. The van der Waals surface area contributed by atoms with Gasteiger partial charge in [-0.15, -0.1) is 0 Å². The van der Waals surface area contributed by atoms with Crippen molar-refractivity contribution < 1.29 is 8.42 Å². The van der Waals surface area contributed by atoms with Gasteiger partial charge in [0, 0.05) is 24.4 Å². The number of likely N-dealkylation sites (N-methyl/N-ethyl adjacent to an activating group) is 1. The normalized spacial score (nSPS) is 27.9. The lowest BCUT2D eigenvalue weighted by Gasteiger charge is -2.47. The zero-order chi connectivity index (χ0) is 15.2. The fourth-order valence-electron chi connectivity index (χ4n) is 3.40. The van der Waals surface area contributed by atoms with Crippen molar-refractivity contribution in [2.75, 3.05) is 31.1 Å². The zero-order valence-electron chi connectivity index (χ0n) is 13.4. The Morgan fingerprint density at radius 2 is 1.80 bits per heavy atom. The van der Waals surface area contributed by atoms with Crippen LogP contribution in [0.25, 0.3) is 0 Å². The minimum atomic E-state index is -2.90. The van der Waals surface area contributed by atoms with E-state index in [0.717, 1.165) is 25.3 Å². The molecule has 1 rings (SSSR count). The van der Waals surface area contributed by atoms with Gasteiger partial charge in [-0.25, -0.2) is 8.42 Å². The molecule has 1 saturated carbocycles. The van der Waals surface area contributed by atoms with E-state index in [2.05, 4.69) is 18.7 Å². The van der Waals surface area contributed by atoms with Crippen LogP contribution in [0.1, 0.15) is 52.9 Å². The SMILES string of the molecule is CCC1CCC(CN)(N(CC)CCS(=O)(=O)CC)CC1. The molecule has 20 heavy (non-hydrogen) atoms. The van der Waals surface area contributed by atoms with Gasteiger partial charge in [0.15, 0.2) is 9.84 Å². The highest BCUT2D eigenvalue weighted by Crippen LogP contribution is 2.37. The van der Waals surface area contributed by atoms with Crippen LogP contribution in [0.4, 0.5) is 0 Å². The van der Waals surface area contributed by atoms with Crippen LogP contribution in [0.2, 0.25) is 0 Å². The predicted octanol–water partition coefficient (Wildman–Crippen LogP) is 2.04. The predicted molar refractivity (Wildman–Crippen MR) is 85.6 cm³/mol. The number of rotatable bonds is 8. The van der Waals surface area contributed by atoms with Gasteiger partial charge >= 0.3 is 0 Å². The molecule has 120 valence electrons. The van der Waals surface area contributed by atoms with Crippen molar-refractivity contribution in [3.05, 3.63) is 0 Å². The Labute approximate surface area is 125 Å². The molecular weight excluding hydrogens is 272 g/mol. The van der Waals surface area contributed by atoms with E-state index in [1.807, 2.05) is 0 Å². The summed E-state index contributed by atoms with van der Waals surface area (Å²) >= 11 is 0. The Morgan fingerprint density at radius 1 is 1.20 bits per heavy atom. The average Bonchev–Trinajstić information content (AvgIpc) is 2.48. The highest BCUT2D eigenvalue weighted by atomic mass is 32.2. The molecule has 1 aliphatic rings. The van der Waals surface area contributed by atoms with Crippen LogP contribution in [-0.2, 0) is 9.84 Å². The van der Waals surface area contributed by atoms with E-state index in [0.29, 0.717) is 13.1 Å². The van der Waals surface area contributed by atoms with Crippen LogP contribution < -0.4 is 5.73 Å². The van der Waals surface area contributed by atoms with E-state index >= 15 is 0 Å². The maximum Gasteiger partial charge on any atom is 0.151 e. The second kappa shape index (κ2) is 7.76. The molecule has 2 N–H and O–H groups in total. The number of nitrogens with zero attached hydrogens (tertiary/aromatic N) is 1. The fraction of sp³-hybridized carbons (Fsp3) is 1.00. The maximum absolute atomic E-state index is 11.7. The lowest BCUT2D eigenvalue weighted by atomic mass is 9.74. The summed E-state index contributed by atoms with van der Waals surface area (Å²) in [5, 5.41) is 0. The molecule has 0 amide bonds. The van der Waals surface area contributed by atoms with Crippen molar-refractivity contribution in [2.45, 2.75) is 58.4 Å². The Kier molecular flexibility index (Phi) is 6.95. The lowest BCUT2D eigenvalue weighted by molar-refractivity contribution is 0.0510. The van der Waals surface area contributed by atoms with Gasteiger partial charge in [0.05, 0.1) is 5.75 Å². The number of hydrogen-bond acceptors (Lipinski definition) is 4. The second-order valence-corrected chi connectivity index (χ2v) is 8.57. The van der Waals surface area contributed by atoms with E-state index in [9.17, 15) is 8.42 Å². The summed E-state index contributed by atoms with van der Waals surface area (Å²) in [5.41, 5.74) is 6.11. The highest BCUT2D eigenvalue weighted by molar-refractivity contribution is 7.91. The molecule has 0 aliphatic heterocycles. The number of nitrogens with two attached hydrogens (primary N) is 1. The first-order valence-corrected chi connectivity index (χ1v) is 9.90. The van der Waals surface area contributed by atoms with Crippen LogP contribution >= 0.6 is 0 Å². The smallest absolute Gasteiger partial charge is 0.151 e. The summed E-state index contributed by atoms with van der Waals surface area (Å²) in [6.07, 6.45) is 5.93. The maximum atomic E-state index is 11.7. The van der Waals surface area contributed by atoms with Gasteiger partial charge in [0.2, 0.25) is 0 Å². The summed E-state index contributed by atoms with van der Waals surface area (Å²) in [4.78, 5) is 2.33. The minimum absolute atomic E-state index is 0.0314. The first-order valence-electron chi connectivity index (χ1n) is 8.08. The highest BCUT2D eigenvalue weighted by Gasteiger charge is 2.38. The zero-order valence-corrected chi connectivity index (χ0v) is 14.2. The first-order chi connectivity index (χ1) is 9.43. The van der Waals surface area contributed by atoms with Crippen LogP contribution in [0.3, 0.4) is 0 Å². The Bertz CT molecular complexity index is 373. The second-order valence-electron chi connectivity index (χ2n) is 6.10. The lowest BCUT2D eigenvalue weighted by Crippen LogP contribution is -2.56. The topological polar surface area (TPSA) is 63.4 Å². The number of hydrogen-bond donors (Lipinski definition) is 1. The number of sulfone groups is 1. The Morgan fingerprint density at radius 3 is 2.20 bits per heavy atom. The molecule has 0 bridgehead atoms. The molecule has 0 saturated heterocycles. The van der Waals surface area contributed by atoms with Gasteiger partial charge < -0.3 is 5.73 Å². The molecule has 1 fully saturated rings. The van der Waals surface area contributed by atoms with E-state index in [1.54, 1.807) is 6.92 Å². The van der Waals surface area contributed by atoms with E-state index in [1.165, 1.54) is 19.3 Å². The largest absolute Gasteiger partial charge is 0.329 e. The molecule has 0 spiro atoms. The molecule has 0 radical (unpaired) electrons. The molecular formula is C15H32N2O2S.